The first-order valence-electron chi connectivity index (χ1n) is 5.22. The molecule has 1 saturated heterocycles. The predicted molar refractivity (Wildman–Crippen MR) is 57.6 cm³/mol. The van der Waals surface area contributed by atoms with E-state index in [1.807, 2.05) is 13.0 Å². The van der Waals surface area contributed by atoms with Crippen molar-refractivity contribution in [1.29, 1.82) is 0 Å². The summed E-state index contributed by atoms with van der Waals surface area (Å²) in [4.78, 5) is 0. The molecule has 0 aromatic carbocycles. The summed E-state index contributed by atoms with van der Waals surface area (Å²) in [7, 11) is 0. The van der Waals surface area contributed by atoms with Crippen LogP contribution in [0.1, 0.15) is 26.2 Å². The van der Waals surface area contributed by atoms with Gasteiger partial charge >= 0.3 is 0 Å². The van der Waals surface area contributed by atoms with Crippen LogP contribution in [0.25, 0.3) is 0 Å². The number of hydrogen-bond donors (Lipinski definition) is 2. The van der Waals surface area contributed by atoms with E-state index >= 15 is 0 Å². The molecule has 1 fully saturated rings. The van der Waals surface area contributed by atoms with E-state index in [0.717, 1.165) is 30.7 Å². The SMILES string of the molecule is C=C/C(=C(/CC)NCF)C1CCCN1. The van der Waals surface area contributed by atoms with Gasteiger partial charge in [0.1, 0.15) is 0 Å². The summed E-state index contributed by atoms with van der Waals surface area (Å²) in [5.74, 6) is 0. The molecule has 1 aliphatic heterocycles. The second-order valence-corrected chi connectivity index (χ2v) is 3.45. The quantitative estimate of drug-likeness (QED) is 0.522. The Morgan fingerprint density at radius 2 is 2.50 bits per heavy atom. The van der Waals surface area contributed by atoms with E-state index in [9.17, 15) is 4.39 Å². The zero-order chi connectivity index (χ0) is 10.4. The van der Waals surface area contributed by atoms with Crippen LogP contribution in [0, 0.1) is 0 Å². The average molecular weight is 198 g/mol. The second-order valence-electron chi connectivity index (χ2n) is 3.45. The van der Waals surface area contributed by atoms with Crippen molar-refractivity contribution in [2.75, 3.05) is 13.3 Å². The summed E-state index contributed by atoms with van der Waals surface area (Å²) in [6, 6.07) is 0.362. The standard InChI is InChI=1S/C11H19FN2/c1-3-9(10(4-2)14-8-12)11-6-5-7-13-11/h3,11,13-14H,1,4-8H2,2H3/b10-9+. The molecule has 0 radical (unpaired) electrons. The lowest BCUT2D eigenvalue weighted by molar-refractivity contribution is 0.447. The maximum atomic E-state index is 12.2. The molecule has 1 unspecified atom stereocenters. The maximum absolute atomic E-state index is 12.2. The number of alkyl halides is 1. The fraction of sp³-hybridized carbons (Fsp3) is 0.636. The fourth-order valence-electron chi connectivity index (χ4n) is 1.94. The van der Waals surface area contributed by atoms with Gasteiger partial charge in [0.2, 0.25) is 0 Å². The molecule has 0 amide bonds. The Kier molecular flexibility index (Phi) is 4.66. The Bertz CT molecular complexity index is 217. The van der Waals surface area contributed by atoms with Crippen molar-refractivity contribution in [2.24, 2.45) is 0 Å². The third kappa shape index (κ3) is 2.58. The largest absolute Gasteiger partial charge is 0.362 e. The van der Waals surface area contributed by atoms with Crippen LogP contribution in [0.15, 0.2) is 23.9 Å². The number of halogens is 1. The highest BCUT2D eigenvalue weighted by molar-refractivity contribution is 5.29. The monoisotopic (exact) mass is 198 g/mol. The smallest absolute Gasteiger partial charge is 0.159 e. The van der Waals surface area contributed by atoms with E-state index in [1.54, 1.807) is 0 Å². The summed E-state index contributed by atoms with van der Waals surface area (Å²) >= 11 is 0. The Balaban J connectivity index is 2.77. The summed E-state index contributed by atoms with van der Waals surface area (Å²) < 4.78 is 12.2. The first-order valence-corrected chi connectivity index (χ1v) is 5.22. The number of rotatable bonds is 5. The molecule has 14 heavy (non-hydrogen) atoms. The van der Waals surface area contributed by atoms with Crippen LogP contribution in [0.5, 0.6) is 0 Å². The van der Waals surface area contributed by atoms with Gasteiger partial charge in [-0.2, -0.15) is 0 Å². The van der Waals surface area contributed by atoms with Crippen molar-refractivity contribution in [3.8, 4) is 0 Å². The minimum absolute atomic E-state index is 0.362. The third-order valence-corrected chi connectivity index (χ3v) is 2.64. The zero-order valence-electron chi connectivity index (χ0n) is 8.78. The Morgan fingerprint density at radius 1 is 1.71 bits per heavy atom. The van der Waals surface area contributed by atoms with Gasteiger partial charge in [-0.05, 0) is 31.4 Å². The fourth-order valence-corrected chi connectivity index (χ4v) is 1.94. The van der Waals surface area contributed by atoms with Crippen molar-refractivity contribution in [2.45, 2.75) is 32.2 Å². The Morgan fingerprint density at radius 3 is 2.93 bits per heavy atom. The lowest BCUT2D eigenvalue weighted by atomic mass is 10.0. The van der Waals surface area contributed by atoms with Crippen LogP contribution in [0.4, 0.5) is 4.39 Å². The lowest BCUT2D eigenvalue weighted by Gasteiger charge is -2.17. The second kappa shape index (κ2) is 5.81. The average Bonchev–Trinajstić information content (AvgIpc) is 2.71. The van der Waals surface area contributed by atoms with E-state index in [4.69, 9.17) is 0 Å². The van der Waals surface area contributed by atoms with Crippen LogP contribution >= 0.6 is 0 Å². The van der Waals surface area contributed by atoms with Gasteiger partial charge in [-0.1, -0.05) is 19.6 Å². The topological polar surface area (TPSA) is 24.1 Å². The zero-order valence-corrected chi connectivity index (χ0v) is 8.78. The first kappa shape index (κ1) is 11.2. The molecule has 0 spiro atoms. The molecule has 0 saturated carbocycles. The lowest BCUT2D eigenvalue weighted by Crippen LogP contribution is -2.27. The summed E-state index contributed by atoms with van der Waals surface area (Å²) in [6.07, 6.45) is 4.97. The van der Waals surface area contributed by atoms with E-state index in [2.05, 4.69) is 17.2 Å². The van der Waals surface area contributed by atoms with Crippen molar-refractivity contribution in [1.82, 2.24) is 10.6 Å². The molecular weight excluding hydrogens is 179 g/mol. The Labute approximate surface area is 85.3 Å². The van der Waals surface area contributed by atoms with Crippen LogP contribution in [-0.4, -0.2) is 19.4 Å². The van der Waals surface area contributed by atoms with Gasteiger partial charge < -0.3 is 10.6 Å². The van der Waals surface area contributed by atoms with Gasteiger partial charge in [0.25, 0.3) is 0 Å². The van der Waals surface area contributed by atoms with Gasteiger partial charge in [-0.15, -0.1) is 0 Å². The van der Waals surface area contributed by atoms with Crippen molar-refractivity contribution in [3.05, 3.63) is 23.9 Å². The highest BCUT2D eigenvalue weighted by Crippen LogP contribution is 2.19. The number of allylic oxidation sites excluding steroid dienone is 1. The highest BCUT2D eigenvalue weighted by atomic mass is 19.1. The molecule has 2 nitrogen and oxygen atoms in total. The van der Waals surface area contributed by atoms with E-state index < -0.39 is 6.80 Å². The van der Waals surface area contributed by atoms with Crippen LogP contribution < -0.4 is 10.6 Å². The number of hydrogen-bond acceptors (Lipinski definition) is 2. The maximum Gasteiger partial charge on any atom is 0.159 e. The third-order valence-electron chi connectivity index (χ3n) is 2.64. The van der Waals surface area contributed by atoms with E-state index in [1.165, 1.54) is 6.42 Å². The van der Waals surface area contributed by atoms with Crippen molar-refractivity contribution >= 4 is 0 Å². The van der Waals surface area contributed by atoms with Gasteiger partial charge in [-0.3, -0.25) is 0 Å². The first-order chi connectivity index (χ1) is 6.83. The molecule has 0 aromatic rings. The van der Waals surface area contributed by atoms with Gasteiger partial charge in [0, 0.05) is 11.7 Å². The molecule has 0 aliphatic carbocycles. The van der Waals surface area contributed by atoms with Crippen molar-refractivity contribution in [3.63, 3.8) is 0 Å². The van der Waals surface area contributed by atoms with Crippen LogP contribution in [0.2, 0.25) is 0 Å². The molecule has 1 atom stereocenters. The molecule has 3 heteroatoms. The molecule has 1 rings (SSSR count). The molecule has 2 N–H and O–H groups in total. The predicted octanol–water partition coefficient (Wildman–Crippen LogP) is 2.11. The molecule has 80 valence electrons. The molecule has 0 bridgehead atoms. The van der Waals surface area contributed by atoms with Crippen LogP contribution in [-0.2, 0) is 0 Å². The van der Waals surface area contributed by atoms with Crippen molar-refractivity contribution < 1.29 is 4.39 Å². The molecule has 0 aromatic heterocycles. The van der Waals surface area contributed by atoms with Gasteiger partial charge in [0.05, 0.1) is 0 Å². The van der Waals surface area contributed by atoms with E-state index in [-0.39, 0.29) is 0 Å². The Hall–Kier alpha value is -0.830. The molecule has 1 aliphatic rings. The van der Waals surface area contributed by atoms with Crippen LogP contribution in [0.3, 0.4) is 0 Å². The minimum atomic E-state index is -0.507. The highest BCUT2D eigenvalue weighted by Gasteiger charge is 2.18. The molecule has 1 heterocycles. The van der Waals surface area contributed by atoms with E-state index in [0.29, 0.717) is 6.04 Å². The number of nitrogens with one attached hydrogen (secondary N) is 2. The minimum Gasteiger partial charge on any atom is -0.362 e. The van der Waals surface area contributed by atoms with Gasteiger partial charge in [0.15, 0.2) is 6.80 Å². The summed E-state index contributed by atoms with van der Waals surface area (Å²) in [5, 5.41) is 6.15. The summed E-state index contributed by atoms with van der Waals surface area (Å²) in [5.41, 5.74) is 2.10. The molecular formula is C11H19FN2. The normalized spacial score (nSPS) is 23.1. The summed E-state index contributed by atoms with van der Waals surface area (Å²) in [6.45, 7) is 6.36. The van der Waals surface area contributed by atoms with Gasteiger partial charge in [-0.25, -0.2) is 4.39 Å².